The Morgan fingerprint density at radius 1 is 0.524 bits per heavy atom. The van der Waals surface area contributed by atoms with Crippen LogP contribution < -0.4 is 0 Å². The molecule has 8 rings (SSSR count). The lowest BCUT2D eigenvalue weighted by molar-refractivity contribution is 0.737. The fourth-order valence-corrected chi connectivity index (χ4v) is 6.67. The van der Waals surface area contributed by atoms with E-state index >= 15 is 0 Å². The molecule has 2 heterocycles. The van der Waals surface area contributed by atoms with E-state index in [1.165, 1.54) is 0 Å². The molecule has 4 heteroatoms. The Morgan fingerprint density at radius 2 is 1.14 bits per heavy atom. The highest BCUT2D eigenvalue weighted by Crippen LogP contribution is 2.57. The van der Waals surface area contributed by atoms with Gasteiger partial charge in [0.2, 0.25) is 0 Å². The van der Waals surface area contributed by atoms with Gasteiger partial charge in [0, 0.05) is 22.3 Å². The second-order valence-electron chi connectivity index (χ2n) is 10.5. The summed E-state index contributed by atoms with van der Waals surface area (Å²) >= 11 is 6.62. The monoisotopic (exact) mass is 557 g/mol. The molecule has 3 nitrogen and oxygen atoms in total. The third-order valence-electron chi connectivity index (χ3n) is 8.25. The summed E-state index contributed by atoms with van der Waals surface area (Å²) < 4.78 is 0. The number of nitrogens with zero attached hydrogens (tertiary/aromatic N) is 3. The minimum atomic E-state index is -0.722. The third kappa shape index (κ3) is 3.64. The van der Waals surface area contributed by atoms with E-state index in [-0.39, 0.29) is 0 Å². The molecule has 0 saturated heterocycles. The predicted molar refractivity (Wildman–Crippen MR) is 171 cm³/mol. The van der Waals surface area contributed by atoms with Crippen molar-refractivity contribution < 1.29 is 0 Å². The zero-order valence-electron chi connectivity index (χ0n) is 22.6. The summed E-state index contributed by atoms with van der Waals surface area (Å²) in [6, 6.07) is 48.0. The van der Waals surface area contributed by atoms with Gasteiger partial charge in [0.1, 0.15) is 5.52 Å². The van der Waals surface area contributed by atoms with Gasteiger partial charge >= 0.3 is 0 Å². The fourth-order valence-electron chi connectivity index (χ4n) is 6.50. The Kier molecular flexibility index (Phi) is 5.73. The number of fused-ring (bicyclic) bond motifs is 4. The van der Waals surface area contributed by atoms with Crippen LogP contribution in [0.25, 0.3) is 44.7 Å². The smallest absolute Gasteiger partial charge is 0.116 e. The lowest BCUT2D eigenvalue weighted by atomic mass is 9.69. The molecule has 1 aliphatic rings. The zero-order chi connectivity index (χ0) is 28.1. The highest BCUT2D eigenvalue weighted by Gasteiger charge is 2.49. The van der Waals surface area contributed by atoms with Gasteiger partial charge in [-0.05, 0) is 46.0 Å². The Hall–Kier alpha value is -5.12. The molecule has 198 valence electrons. The topological polar surface area (TPSA) is 38.7 Å². The highest BCUT2D eigenvalue weighted by molar-refractivity contribution is 6.31. The minimum Gasteiger partial charge on any atom is -0.254 e. The first-order valence-electron chi connectivity index (χ1n) is 14.0. The predicted octanol–water partition coefficient (Wildman–Crippen LogP) is 9.38. The van der Waals surface area contributed by atoms with Crippen LogP contribution in [0.15, 0.2) is 146 Å². The summed E-state index contributed by atoms with van der Waals surface area (Å²) in [5, 5.41) is 0.707. The standard InChI is InChI=1S/C38H24ClN3/c39-28-20-21-32-30(24-28)29-18-10-11-19-31(29)38(32,27-16-8-3-9-17-27)37-35(26-14-6-2-7-15-26)42-36-33(41-37)22-23-40-34(36)25-12-4-1-5-13-25/h1-24H. The number of aromatic nitrogens is 3. The number of halogens is 1. The van der Waals surface area contributed by atoms with Crippen molar-refractivity contribution >= 4 is 22.6 Å². The molecule has 5 aromatic carbocycles. The maximum Gasteiger partial charge on any atom is 0.116 e. The van der Waals surface area contributed by atoms with Crippen LogP contribution in [0.1, 0.15) is 22.4 Å². The first-order chi connectivity index (χ1) is 20.7. The van der Waals surface area contributed by atoms with Crippen LogP contribution in [-0.4, -0.2) is 15.0 Å². The molecule has 42 heavy (non-hydrogen) atoms. The molecule has 0 spiro atoms. The van der Waals surface area contributed by atoms with E-state index in [0.29, 0.717) is 5.02 Å². The normalized spacial score (nSPS) is 15.4. The lowest BCUT2D eigenvalue weighted by Crippen LogP contribution is -2.31. The van der Waals surface area contributed by atoms with Crippen LogP contribution in [-0.2, 0) is 5.41 Å². The molecule has 0 amide bonds. The Morgan fingerprint density at radius 3 is 1.88 bits per heavy atom. The van der Waals surface area contributed by atoms with Gasteiger partial charge in [-0.1, -0.05) is 133 Å². The van der Waals surface area contributed by atoms with Crippen LogP contribution in [0.3, 0.4) is 0 Å². The van der Waals surface area contributed by atoms with Gasteiger partial charge in [0.25, 0.3) is 0 Å². The van der Waals surface area contributed by atoms with Crippen LogP contribution in [0, 0.1) is 0 Å². The summed E-state index contributed by atoms with van der Waals surface area (Å²) in [5.41, 5.74) is 11.1. The largest absolute Gasteiger partial charge is 0.254 e. The van der Waals surface area contributed by atoms with Crippen LogP contribution in [0.4, 0.5) is 0 Å². The van der Waals surface area contributed by atoms with Gasteiger partial charge in [-0.25, -0.2) is 9.97 Å². The van der Waals surface area contributed by atoms with Crippen molar-refractivity contribution in [2.24, 2.45) is 0 Å². The average Bonchev–Trinajstić information content (AvgIpc) is 3.35. The van der Waals surface area contributed by atoms with Gasteiger partial charge in [-0.2, -0.15) is 0 Å². The van der Waals surface area contributed by atoms with Gasteiger partial charge in [0.15, 0.2) is 0 Å². The van der Waals surface area contributed by atoms with Crippen molar-refractivity contribution in [3.8, 4) is 33.6 Å². The Balaban J connectivity index is 1.56. The SMILES string of the molecule is Clc1ccc2c(c1)-c1ccccc1C2(c1ccccc1)c1nc2ccnc(-c3ccccc3)c2nc1-c1ccccc1. The van der Waals surface area contributed by atoms with Gasteiger partial charge in [-0.15, -0.1) is 0 Å². The molecular formula is C38H24ClN3. The summed E-state index contributed by atoms with van der Waals surface area (Å²) in [4.78, 5) is 15.8. The number of hydrogen-bond acceptors (Lipinski definition) is 3. The quantitative estimate of drug-likeness (QED) is 0.216. The van der Waals surface area contributed by atoms with E-state index < -0.39 is 5.41 Å². The molecule has 0 fully saturated rings. The highest BCUT2D eigenvalue weighted by atomic mass is 35.5. The van der Waals surface area contributed by atoms with Gasteiger partial charge < -0.3 is 0 Å². The third-order valence-corrected chi connectivity index (χ3v) is 8.48. The maximum absolute atomic E-state index is 6.62. The molecule has 1 unspecified atom stereocenters. The summed E-state index contributed by atoms with van der Waals surface area (Å²) in [5.74, 6) is 0. The first kappa shape index (κ1) is 24.7. The van der Waals surface area contributed by atoms with E-state index in [1.807, 2.05) is 42.6 Å². The number of hydrogen-bond donors (Lipinski definition) is 0. The van der Waals surface area contributed by atoms with Crippen LogP contribution >= 0.6 is 11.6 Å². The van der Waals surface area contributed by atoms with Crippen LogP contribution in [0.2, 0.25) is 5.02 Å². The fraction of sp³-hybridized carbons (Fsp3) is 0.0263. The Labute approximate surface area is 249 Å². The van der Waals surface area contributed by atoms with Crippen molar-refractivity contribution in [3.63, 3.8) is 0 Å². The second-order valence-corrected chi connectivity index (χ2v) is 11.0. The molecule has 7 aromatic rings. The van der Waals surface area contributed by atoms with E-state index in [4.69, 9.17) is 26.6 Å². The van der Waals surface area contributed by atoms with Crippen molar-refractivity contribution in [2.45, 2.75) is 5.41 Å². The molecule has 0 N–H and O–H groups in total. The lowest BCUT2D eigenvalue weighted by Gasteiger charge is -2.34. The number of rotatable bonds is 4. The first-order valence-corrected chi connectivity index (χ1v) is 14.4. The van der Waals surface area contributed by atoms with Crippen molar-refractivity contribution in [3.05, 3.63) is 173 Å². The van der Waals surface area contributed by atoms with Crippen LogP contribution in [0.5, 0.6) is 0 Å². The molecule has 1 atom stereocenters. The van der Waals surface area contributed by atoms with E-state index in [2.05, 4.69) is 103 Å². The summed E-state index contributed by atoms with van der Waals surface area (Å²) in [6.45, 7) is 0. The van der Waals surface area contributed by atoms with Gasteiger partial charge in [0.05, 0.1) is 28.0 Å². The van der Waals surface area contributed by atoms with Gasteiger partial charge in [-0.3, -0.25) is 4.98 Å². The van der Waals surface area contributed by atoms with Crippen molar-refractivity contribution in [1.82, 2.24) is 15.0 Å². The molecule has 0 bridgehead atoms. The van der Waals surface area contributed by atoms with E-state index in [0.717, 1.165) is 67.1 Å². The summed E-state index contributed by atoms with van der Waals surface area (Å²) in [7, 11) is 0. The molecule has 0 aliphatic heterocycles. The molecule has 1 aliphatic carbocycles. The molecular weight excluding hydrogens is 534 g/mol. The Bertz CT molecular complexity index is 2090. The molecule has 0 radical (unpaired) electrons. The molecule has 0 saturated carbocycles. The van der Waals surface area contributed by atoms with E-state index in [1.54, 1.807) is 0 Å². The van der Waals surface area contributed by atoms with Crippen molar-refractivity contribution in [2.75, 3.05) is 0 Å². The maximum atomic E-state index is 6.62. The van der Waals surface area contributed by atoms with E-state index in [9.17, 15) is 0 Å². The minimum absolute atomic E-state index is 0.707. The second kappa shape index (κ2) is 9.76. The van der Waals surface area contributed by atoms with Crippen molar-refractivity contribution in [1.29, 1.82) is 0 Å². The zero-order valence-corrected chi connectivity index (χ0v) is 23.3. The number of benzene rings is 5. The number of pyridine rings is 1. The summed E-state index contributed by atoms with van der Waals surface area (Å²) in [6.07, 6.45) is 1.83. The molecule has 2 aromatic heterocycles. The average molecular weight is 558 g/mol.